The lowest BCUT2D eigenvalue weighted by molar-refractivity contribution is 0.149. The van der Waals surface area contributed by atoms with Crippen LogP contribution in [0.15, 0.2) is 10.9 Å². The Morgan fingerprint density at radius 3 is 2.75 bits per heavy atom. The van der Waals surface area contributed by atoms with Gasteiger partial charge in [0.15, 0.2) is 0 Å². The molecule has 0 aliphatic heterocycles. The third-order valence-corrected chi connectivity index (χ3v) is 4.10. The summed E-state index contributed by atoms with van der Waals surface area (Å²) in [7, 11) is 0. The van der Waals surface area contributed by atoms with E-state index in [9.17, 15) is 4.79 Å². The highest BCUT2D eigenvalue weighted by atomic mass is 16.5. The van der Waals surface area contributed by atoms with Gasteiger partial charge in [0, 0.05) is 5.92 Å². The molecule has 1 aliphatic rings. The van der Waals surface area contributed by atoms with Crippen molar-refractivity contribution in [1.82, 2.24) is 9.97 Å². The number of ether oxygens (including phenoxy) is 1. The van der Waals surface area contributed by atoms with Crippen molar-refractivity contribution in [3.05, 3.63) is 22.2 Å². The maximum absolute atomic E-state index is 11.6. The minimum atomic E-state index is -0.155. The Morgan fingerprint density at radius 1 is 1.40 bits per heavy atom. The maximum atomic E-state index is 11.6. The van der Waals surface area contributed by atoms with Gasteiger partial charge < -0.3 is 15.5 Å². The van der Waals surface area contributed by atoms with Crippen LogP contribution >= 0.6 is 0 Å². The topological polar surface area (TPSA) is 81.0 Å². The third kappa shape index (κ3) is 3.82. The second kappa shape index (κ2) is 6.88. The summed E-state index contributed by atoms with van der Waals surface area (Å²) < 4.78 is 5.76. The highest BCUT2D eigenvalue weighted by Crippen LogP contribution is 2.29. The quantitative estimate of drug-likeness (QED) is 0.864. The van der Waals surface area contributed by atoms with Crippen molar-refractivity contribution in [3.8, 4) is 5.88 Å². The molecule has 5 heteroatoms. The molecule has 0 saturated heterocycles. The average molecular weight is 279 g/mol. The molecular weight excluding hydrogens is 254 g/mol. The van der Waals surface area contributed by atoms with Crippen molar-refractivity contribution in [1.29, 1.82) is 0 Å². The van der Waals surface area contributed by atoms with Crippen LogP contribution in [-0.2, 0) is 0 Å². The van der Waals surface area contributed by atoms with Crippen molar-refractivity contribution in [2.75, 3.05) is 13.2 Å². The van der Waals surface area contributed by atoms with Crippen LogP contribution in [-0.4, -0.2) is 23.1 Å². The van der Waals surface area contributed by atoms with Crippen LogP contribution in [0.2, 0.25) is 0 Å². The minimum Gasteiger partial charge on any atom is -0.477 e. The van der Waals surface area contributed by atoms with E-state index in [2.05, 4.69) is 9.97 Å². The average Bonchev–Trinajstić information content (AvgIpc) is 2.44. The van der Waals surface area contributed by atoms with Crippen LogP contribution in [0, 0.1) is 11.8 Å². The maximum Gasteiger partial charge on any atom is 0.254 e. The summed E-state index contributed by atoms with van der Waals surface area (Å²) >= 11 is 0. The molecule has 1 fully saturated rings. The standard InChI is InChI=1S/C15H25N3O2/c1-10(2)15-17-13(19)7-14(18-15)20-9-12-6-4-3-5-11(12)8-16/h7,10-12H,3-6,8-9,16H2,1-2H3,(H,17,18,19). The normalized spacial score (nSPS) is 23.0. The molecule has 0 aromatic carbocycles. The van der Waals surface area contributed by atoms with E-state index in [1.165, 1.54) is 25.3 Å². The number of nitrogens with one attached hydrogen (secondary N) is 1. The Morgan fingerprint density at radius 2 is 2.10 bits per heavy atom. The molecule has 0 amide bonds. The Hall–Kier alpha value is -1.36. The van der Waals surface area contributed by atoms with Gasteiger partial charge in [-0.1, -0.05) is 26.7 Å². The molecule has 2 unspecified atom stereocenters. The molecule has 5 nitrogen and oxygen atoms in total. The third-order valence-electron chi connectivity index (χ3n) is 4.10. The predicted molar refractivity (Wildman–Crippen MR) is 78.9 cm³/mol. The first-order valence-corrected chi connectivity index (χ1v) is 7.54. The van der Waals surface area contributed by atoms with Gasteiger partial charge in [-0.25, -0.2) is 0 Å². The number of hydrogen-bond acceptors (Lipinski definition) is 4. The molecule has 1 aromatic heterocycles. The molecule has 0 radical (unpaired) electrons. The van der Waals surface area contributed by atoms with Crippen LogP contribution in [0.5, 0.6) is 5.88 Å². The molecule has 0 spiro atoms. The molecular formula is C15H25N3O2. The first kappa shape index (κ1) is 15.0. The summed E-state index contributed by atoms with van der Waals surface area (Å²) in [5, 5.41) is 0. The number of nitrogens with two attached hydrogens (primary N) is 1. The fourth-order valence-corrected chi connectivity index (χ4v) is 2.81. The fourth-order valence-electron chi connectivity index (χ4n) is 2.81. The van der Waals surface area contributed by atoms with Crippen LogP contribution in [0.3, 0.4) is 0 Å². The lowest BCUT2D eigenvalue weighted by Crippen LogP contribution is -2.31. The number of H-pyrrole nitrogens is 1. The van der Waals surface area contributed by atoms with Crippen molar-refractivity contribution in [2.45, 2.75) is 45.4 Å². The van der Waals surface area contributed by atoms with Gasteiger partial charge in [-0.3, -0.25) is 4.79 Å². The molecule has 1 aliphatic carbocycles. The second-order valence-corrected chi connectivity index (χ2v) is 5.97. The second-order valence-electron chi connectivity index (χ2n) is 5.97. The summed E-state index contributed by atoms with van der Waals surface area (Å²) in [6, 6.07) is 1.42. The monoisotopic (exact) mass is 279 g/mol. The lowest BCUT2D eigenvalue weighted by Gasteiger charge is -2.30. The lowest BCUT2D eigenvalue weighted by atomic mass is 9.80. The molecule has 3 N–H and O–H groups in total. The van der Waals surface area contributed by atoms with Gasteiger partial charge in [-0.2, -0.15) is 4.98 Å². The molecule has 112 valence electrons. The van der Waals surface area contributed by atoms with E-state index in [1.807, 2.05) is 13.8 Å². The van der Waals surface area contributed by atoms with Gasteiger partial charge in [-0.05, 0) is 31.2 Å². The molecule has 1 saturated carbocycles. The smallest absolute Gasteiger partial charge is 0.254 e. The minimum absolute atomic E-state index is 0.155. The van der Waals surface area contributed by atoms with Gasteiger partial charge in [0.05, 0.1) is 12.7 Å². The number of rotatable bonds is 5. The van der Waals surface area contributed by atoms with Crippen molar-refractivity contribution in [3.63, 3.8) is 0 Å². The van der Waals surface area contributed by atoms with Gasteiger partial charge in [0.1, 0.15) is 5.82 Å². The van der Waals surface area contributed by atoms with E-state index >= 15 is 0 Å². The van der Waals surface area contributed by atoms with E-state index in [1.54, 1.807) is 0 Å². The number of aromatic nitrogens is 2. The zero-order chi connectivity index (χ0) is 14.5. The van der Waals surface area contributed by atoms with E-state index in [0.717, 1.165) is 6.42 Å². The zero-order valence-corrected chi connectivity index (χ0v) is 12.4. The number of nitrogens with zero attached hydrogens (tertiary/aromatic N) is 1. The van der Waals surface area contributed by atoms with Gasteiger partial charge in [-0.15, -0.1) is 0 Å². The largest absolute Gasteiger partial charge is 0.477 e. The SMILES string of the molecule is CC(C)c1nc(OCC2CCCCC2CN)cc(=O)[nH]1. The van der Waals surface area contributed by atoms with Crippen LogP contribution in [0.4, 0.5) is 0 Å². The van der Waals surface area contributed by atoms with Crippen molar-refractivity contribution in [2.24, 2.45) is 17.6 Å². The summed E-state index contributed by atoms with van der Waals surface area (Å²) in [5.74, 6) is 2.30. The van der Waals surface area contributed by atoms with Crippen LogP contribution < -0.4 is 16.0 Å². The van der Waals surface area contributed by atoms with E-state index in [0.29, 0.717) is 36.7 Å². The highest BCUT2D eigenvalue weighted by Gasteiger charge is 2.24. The molecule has 1 aromatic rings. The summed E-state index contributed by atoms with van der Waals surface area (Å²) in [5.41, 5.74) is 5.67. The van der Waals surface area contributed by atoms with Gasteiger partial charge in [0.25, 0.3) is 5.56 Å². The molecule has 20 heavy (non-hydrogen) atoms. The first-order valence-electron chi connectivity index (χ1n) is 7.54. The molecule has 2 rings (SSSR count). The zero-order valence-electron chi connectivity index (χ0n) is 12.4. The Bertz CT molecular complexity index is 484. The fraction of sp³-hybridized carbons (Fsp3) is 0.733. The summed E-state index contributed by atoms with van der Waals surface area (Å²) in [6.45, 7) is 5.31. The Balaban J connectivity index is 2.01. The Kier molecular flexibility index (Phi) is 5.17. The molecule has 2 atom stereocenters. The summed E-state index contributed by atoms with van der Waals surface area (Å²) in [6.07, 6.45) is 4.84. The van der Waals surface area contributed by atoms with Crippen LogP contribution in [0.25, 0.3) is 0 Å². The number of hydrogen-bond donors (Lipinski definition) is 2. The van der Waals surface area contributed by atoms with Gasteiger partial charge >= 0.3 is 0 Å². The van der Waals surface area contributed by atoms with Gasteiger partial charge in [0.2, 0.25) is 5.88 Å². The Labute approximate surface area is 119 Å². The van der Waals surface area contributed by atoms with E-state index < -0.39 is 0 Å². The number of aromatic amines is 1. The van der Waals surface area contributed by atoms with Crippen molar-refractivity contribution < 1.29 is 4.74 Å². The van der Waals surface area contributed by atoms with Crippen LogP contribution in [0.1, 0.15) is 51.3 Å². The van der Waals surface area contributed by atoms with E-state index in [4.69, 9.17) is 10.5 Å². The first-order chi connectivity index (χ1) is 9.60. The van der Waals surface area contributed by atoms with E-state index in [-0.39, 0.29) is 11.5 Å². The predicted octanol–water partition coefficient (Wildman–Crippen LogP) is 2.04. The summed E-state index contributed by atoms with van der Waals surface area (Å²) in [4.78, 5) is 18.7. The molecule has 1 heterocycles. The van der Waals surface area contributed by atoms with Crippen molar-refractivity contribution >= 4 is 0 Å². The molecule has 0 bridgehead atoms. The highest BCUT2D eigenvalue weighted by molar-refractivity contribution is 5.10.